The van der Waals surface area contributed by atoms with Gasteiger partial charge in [0, 0.05) is 48.4 Å². The number of hydrogen-bond donors (Lipinski definition) is 9. The Morgan fingerprint density at radius 1 is 0.744 bits per heavy atom. The summed E-state index contributed by atoms with van der Waals surface area (Å²) >= 11 is 0. The Morgan fingerprint density at radius 3 is 1.58 bits per heavy atom. The van der Waals surface area contributed by atoms with Gasteiger partial charge < -0.3 is 47.4 Å². The molecule has 43 heavy (non-hydrogen) atoms. The normalized spacial score (nSPS) is 18.7. The number of nitrogens with one attached hydrogen (secondary N) is 1. The number of phenols is 2. The smallest absolute Gasteiger partial charge is 0.256 e. The molecule has 2 aromatic carbocycles. The van der Waals surface area contributed by atoms with Gasteiger partial charge in [0.1, 0.15) is 11.5 Å². The molecule has 0 radical (unpaired) electrons. The lowest BCUT2D eigenvalue weighted by atomic mass is 9.89. The molecular formula is C30H45N5O8. The second-order valence-corrected chi connectivity index (χ2v) is 11.4. The van der Waals surface area contributed by atoms with Crippen molar-refractivity contribution in [1.29, 1.82) is 0 Å². The summed E-state index contributed by atoms with van der Waals surface area (Å²) in [6, 6.07) is 6.40. The number of aromatic hydroxyl groups is 2. The van der Waals surface area contributed by atoms with Crippen LogP contribution >= 0.6 is 0 Å². The Hall–Kier alpha value is -3.30. The number of rotatable bonds is 10. The van der Waals surface area contributed by atoms with Gasteiger partial charge >= 0.3 is 0 Å². The summed E-state index contributed by atoms with van der Waals surface area (Å²) in [5.41, 5.74) is 7.93. The van der Waals surface area contributed by atoms with Crippen molar-refractivity contribution in [2.45, 2.75) is 51.0 Å². The maximum absolute atomic E-state index is 11.9. The Morgan fingerprint density at radius 2 is 1.16 bits per heavy atom. The molecule has 238 valence electrons. The molecule has 11 N–H and O–H groups in total. The summed E-state index contributed by atoms with van der Waals surface area (Å²) in [6.07, 6.45) is 1.55. The van der Waals surface area contributed by atoms with Crippen molar-refractivity contribution in [3.05, 3.63) is 57.6 Å². The van der Waals surface area contributed by atoms with Gasteiger partial charge in [-0.1, -0.05) is 23.3 Å². The Balaban J connectivity index is 1.81. The van der Waals surface area contributed by atoms with Crippen LogP contribution in [0, 0.1) is 13.8 Å². The Labute approximate surface area is 251 Å². The van der Waals surface area contributed by atoms with E-state index >= 15 is 0 Å². The molecular weight excluding hydrogens is 558 g/mol. The summed E-state index contributed by atoms with van der Waals surface area (Å²) in [5, 5.41) is 66.2. The average Bonchev–Trinajstić information content (AvgIpc) is 3.01. The average molecular weight is 604 g/mol. The van der Waals surface area contributed by atoms with Crippen molar-refractivity contribution in [2.75, 3.05) is 52.5 Å². The van der Waals surface area contributed by atoms with Gasteiger partial charge in [-0.2, -0.15) is 0 Å². The number of nitrogens with two attached hydrogens (primary N) is 2. The molecule has 1 aliphatic rings. The van der Waals surface area contributed by atoms with Gasteiger partial charge in [-0.25, -0.2) is 0 Å². The summed E-state index contributed by atoms with van der Waals surface area (Å²) < 4.78 is 0. The zero-order valence-corrected chi connectivity index (χ0v) is 24.8. The summed E-state index contributed by atoms with van der Waals surface area (Å²) in [6.45, 7) is 6.32. The minimum absolute atomic E-state index is 0.134. The Kier molecular flexibility index (Phi) is 11.5. The van der Waals surface area contributed by atoms with E-state index in [1.807, 2.05) is 0 Å². The number of aryl methyl sites for hydroxylation is 2. The van der Waals surface area contributed by atoms with Gasteiger partial charge in [0.15, 0.2) is 11.2 Å². The first-order valence-electron chi connectivity index (χ1n) is 14.3. The van der Waals surface area contributed by atoms with E-state index in [0.29, 0.717) is 68.1 Å². The van der Waals surface area contributed by atoms with E-state index in [-0.39, 0.29) is 22.6 Å². The molecule has 0 bridgehead atoms. The van der Waals surface area contributed by atoms with E-state index in [9.17, 15) is 40.2 Å². The van der Waals surface area contributed by atoms with Gasteiger partial charge in [-0.3, -0.25) is 19.4 Å². The number of amides is 2. The lowest BCUT2D eigenvalue weighted by Crippen LogP contribution is -2.44. The van der Waals surface area contributed by atoms with Crippen molar-refractivity contribution in [3.8, 4) is 11.5 Å². The summed E-state index contributed by atoms with van der Waals surface area (Å²) in [5.74, 6) is -2.91. The number of benzene rings is 2. The molecule has 0 saturated carbocycles. The van der Waals surface area contributed by atoms with E-state index in [2.05, 4.69) is 15.1 Å². The van der Waals surface area contributed by atoms with Gasteiger partial charge in [-0.05, 0) is 65.0 Å². The van der Waals surface area contributed by atoms with E-state index < -0.39 is 36.2 Å². The third-order valence-corrected chi connectivity index (χ3v) is 8.00. The Bertz CT molecular complexity index is 1210. The topological polar surface area (TPSA) is 226 Å². The van der Waals surface area contributed by atoms with Gasteiger partial charge in [0.05, 0.1) is 13.2 Å². The lowest BCUT2D eigenvalue weighted by Gasteiger charge is -2.28. The molecule has 0 aliphatic carbocycles. The van der Waals surface area contributed by atoms with Gasteiger partial charge in [-0.15, -0.1) is 0 Å². The van der Waals surface area contributed by atoms with Crippen molar-refractivity contribution < 1.29 is 40.2 Å². The maximum Gasteiger partial charge on any atom is 0.256 e. The molecule has 1 fully saturated rings. The summed E-state index contributed by atoms with van der Waals surface area (Å²) in [7, 11) is 0. The quantitative estimate of drug-likeness (QED) is 0.156. The third kappa shape index (κ3) is 7.81. The molecule has 1 heterocycles. The number of nitrogens with zero attached hydrogens (tertiary/aromatic N) is 2. The molecule has 0 spiro atoms. The molecule has 3 rings (SSSR count). The number of aliphatic hydroxyl groups excluding tert-OH is 2. The first-order valence-corrected chi connectivity index (χ1v) is 14.3. The largest absolute Gasteiger partial charge is 0.507 e. The molecule has 1 saturated heterocycles. The van der Waals surface area contributed by atoms with Crippen LogP contribution in [0.5, 0.6) is 11.5 Å². The van der Waals surface area contributed by atoms with Crippen LogP contribution < -0.4 is 16.8 Å². The van der Waals surface area contributed by atoms with E-state index in [4.69, 9.17) is 11.5 Å². The monoisotopic (exact) mass is 603 g/mol. The highest BCUT2D eigenvalue weighted by Crippen LogP contribution is 2.35. The molecule has 0 aromatic heterocycles. The molecule has 2 unspecified atom stereocenters. The first kappa shape index (κ1) is 34.2. The molecule has 2 amide bonds. The number of carbonyl (C=O) groups excluding carboxylic acids is 2. The lowest BCUT2D eigenvalue weighted by molar-refractivity contribution is -0.142. The number of aliphatic hydroxyl groups is 4. The summed E-state index contributed by atoms with van der Waals surface area (Å²) in [4.78, 5) is 28.2. The highest BCUT2D eigenvalue weighted by molar-refractivity contribution is 5.86. The molecule has 1 aliphatic heterocycles. The first-order chi connectivity index (χ1) is 20.3. The van der Waals surface area contributed by atoms with Crippen LogP contribution in [-0.4, -0.2) is 105 Å². The van der Waals surface area contributed by atoms with Crippen LogP contribution in [-0.2, 0) is 33.9 Å². The second kappa shape index (κ2) is 14.4. The van der Waals surface area contributed by atoms with Gasteiger partial charge in [0.25, 0.3) is 11.8 Å². The number of carbonyl (C=O) groups is 2. The number of hydrogen-bond acceptors (Lipinski definition) is 11. The molecule has 13 nitrogen and oxygen atoms in total. The predicted molar refractivity (Wildman–Crippen MR) is 159 cm³/mol. The zero-order valence-electron chi connectivity index (χ0n) is 24.8. The van der Waals surface area contributed by atoms with Crippen molar-refractivity contribution >= 4 is 11.8 Å². The highest BCUT2D eigenvalue weighted by atomic mass is 16.4. The van der Waals surface area contributed by atoms with Crippen LogP contribution in [0.15, 0.2) is 24.3 Å². The second-order valence-electron chi connectivity index (χ2n) is 11.4. The molecule has 2 aromatic rings. The molecule has 13 heteroatoms. The predicted octanol–water partition coefficient (Wildman–Crippen LogP) is -1.27. The van der Waals surface area contributed by atoms with Crippen molar-refractivity contribution in [2.24, 2.45) is 11.5 Å². The fourth-order valence-electron chi connectivity index (χ4n) is 5.50. The van der Waals surface area contributed by atoms with Gasteiger partial charge in [0.2, 0.25) is 0 Å². The number of phenolic OH excluding ortho intramolecular Hbond substituents is 2. The third-order valence-electron chi connectivity index (χ3n) is 8.00. The van der Waals surface area contributed by atoms with Crippen LogP contribution in [0.4, 0.5) is 0 Å². The van der Waals surface area contributed by atoms with Crippen molar-refractivity contribution in [1.82, 2.24) is 15.1 Å². The van der Waals surface area contributed by atoms with Crippen LogP contribution in [0.25, 0.3) is 0 Å². The number of primary amides is 2. The fraction of sp³-hybridized carbons (Fsp3) is 0.533. The van der Waals surface area contributed by atoms with Crippen LogP contribution in [0.1, 0.15) is 46.2 Å². The van der Waals surface area contributed by atoms with Crippen LogP contribution in [0.2, 0.25) is 0 Å². The van der Waals surface area contributed by atoms with E-state index in [1.165, 1.54) is 12.1 Å². The standard InChI is InChI=1S/C30H45N5O8/c1-19-11-21(25(38)23(13-19)29(42,17-36)27(31)40)15-34-7-3-5-33-6-10-35(9-4-8-34)16-22-12-20(2)14-24(26(22)39)30(43,18-37)28(32)41/h11-14,33,36-39,42-43H,3-10,15-18H2,1-2H3,(H2,31,40)(H2,32,41). The fourth-order valence-corrected chi connectivity index (χ4v) is 5.50. The van der Waals surface area contributed by atoms with E-state index in [0.717, 1.165) is 19.4 Å². The SMILES string of the molecule is Cc1cc(CN2CCCNCCN(Cc3cc(C)cc(C(O)(CO)C(N)=O)c3O)CCC2)c(O)c(C(O)(CO)C(N)=O)c1. The molecule has 2 atom stereocenters. The zero-order chi connectivity index (χ0) is 31.9. The van der Waals surface area contributed by atoms with E-state index in [1.54, 1.807) is 26.0 Å². The minimum atomic E-state index is -2.41. The minimum Gasteiger partial charge on any atom is -0.507 e. The maximum atomic E-state index is 11.9. The van der Waals surface area contributed by atoms with Crippen molar-refractivity contribution in [3.63, 3.8) is 0 Å². The highest BCUT2D eigenvalue weighted by Gasteiger charge is 2.40. The van der Waals surface area contributed by atoms with Crippen LogP contribution in [0.3, 0.4) is 0 Å².